The van der Waals surface area contributed by atoms with E-state index in [1.807, 2.05) is 6.92 Å². The first-order valence-corrected chi connectivity index (χ1v) is 12.8. The highest BCUT2D eigenvalue weighted by atomic mass is 16.5. The van der Waals surface area contributed by atoms with Crippen molar-refractivity contribution >= 4 is 17.8 Å². The molecule has 2 aliphatic carbocycles. The number of nitrogens with two attached hydrogens (primary N) is 1. The van der Waals surface area contributed by atoms with Gasteiger partial charge in [-0.1, -0.05) is 13.3 Å². The average Bonchev–Trinajstić information content (AvgIpc) is 3.00. The Bertz CT molecular complexity index is 1210. The van der Waals surface area contributed by atoms with E-state index < -0.39 is 28.5 Å². The molecule has 0 aromatic carbocycles. The summed E-state index contributed by atoms with van der Waals surface area (Å²) in [6, 6.07) is -0.725. The first kappa shape index (κ1) is 24.5. The van der Waals surface area contributed by atoms with Crippen LogP contribution in [0.5, 0.6) is 5.88 Å². The number of hydrogen-bond donors (Lipinski definition) is 4. The van der Waals surface area contributed by atoms with Gasteiger partial charge in [-0.25, -0.2) is 9.59 Å². The predicted molar refractivity (Wildman–Crippen MR) is 129 cm³/mol. The van der Waals surface area contributed by atoms with Crippen molar-refractivity contribution in [2.24, 2.45) is 17.1 Å². The third-order valence-corrected chi connectivity index (χ3v) is 8.62. The highest BCUT2D eigenvalue weighted by Crippen LogP contribution is 2.61. The molecule has 4 fully saturated rings. The van der Waals surface area contributed by atoms with E-state index in [9.17, 15) is 24.3 Å². The van der Waals surface area contributed by atoms with Crippen LogP contribution in [0.25, 0.3) is 0 Å². The summed E-state index contributed by atoms with van der Waals surface area (Å²) in [6.07, 6.45) is 5.07. The van der Waals surface area contributed by atoms with Crippen LogP contribution in [0.15, 0.2) is 9.59 Å². The normalized spacial score (nSPS) is 29.9. The van der Waals surface area contributed by atoms with Crippen LogP contribution >= 0.6 is 0 Å². The van der Waals surface area contributed by atoms with E-state index in [1.165, 1.54) is 0 Å². The van der Waals surface area contributed by atoms with Crippen LogP contribution in [0, 0.1) is 16.7 Å². The van der Waals surface area contributed by atoms with Crippen molar-refractivity contribution in [1.29, 1.82) is 5.41 Å². The second-order valence-corrected chi connectivity index (χ2v) is 11.0. The second-order valence-electron chi connectivity index (χ2n) is 11.0. The number of nitrogen functional groups attached to an aromatic ring is 1. The Morgan fingerprint density at radius 2 is 1.86 bits per heavy atom. The quantitative estimate of drug-likeness (QED) is 0.240. The van der Waals surface area contributed by atoms with Gasteiger partial charge in [0.15, 0.2) is 0 Å². The van der Waals surface area contributed by atoms with E-state index in [1.54, 1.807) is 4.90 Å². The van der Waals surface area contributed by atoms with Crippen LogP contribution in [-0.2, 0) is 16.1 Å². The number of carbonyl (C=O) groups is 2. The van der Waals surface area contributed by atoms with Gasteiger partial charge in [-0.3, -0.25) is 29.4 Å². The van der Waals surface area contributed by atoms with Gasteiger partial charge in [0.1, 0.15) is 16.9 Å². The van der Waals surface area contributed by atoms with Gasteiger partial charge >= 0.3 is 11.7 Å². The van der Waals surface area contributed by atoms with E-state index >= 15 is 0 Å². The number of imide groups is 1. The van der Waals surface area contributed by atoms with Crippen molar-refractivity contribution < 1.29 is 19.4 Å². The minimum absolute atomic E-state index is 0.127. The minimum atomic E-state index is -0.816. The van der Waals surface area contributed by atoms with Crippen LogP contribution in [0.3, 0.4) is 0 Å². The van der Waals surface area contributed by atoms with Gasteiger partial charge in [-0.2, -0.15) is 0 Å². The summed E-state index contributed by atoms with van der Waals surface area (Å²) in [6.45, 7) is 3.88. The molecule has 3 amide bonds. The Morgan fingerprint density at radius 3 is 2.42 bits per heavy atom. The summed E-state index contributed by atoms with van der Waals surface area (Å²) in [5, 5.41) is 20.8. The zero-order valence-corrected chi connectivity index (χ0v) is 20.5. The zero-order chi connectivity index (χ0) is 25.8. The number of rotatable bonds is 7. The molecule has 5 N–H and O–H groups in total. The topological polar surface area (TPSA) is 173 Å². The fourth-order valence-electron chi connectivity index (χ4n) is 6.60. The fraction of sp³-hybridized carbons (Fsp3) is 0.708. The molecule has 2 saturated heterocycles. The molecule has 5 rings (SSSR count). The zero-order valence-electron chi connectivity index (χ0n) is 20.5. The van der Waals surface area contributed by atoms with E-state index in [4.69, 9.17) is 15.9 Å². The van der Waals surface area contributed by atoms with E-state index in [0.29, 0.717) is 64.7 Å². The molecule has 0 radical (unpaired) electrons. The van der Waals surface area contributed by atoms with Crippen LogP contribution in [-0.4, -0.2) is 62.2 Å². The maximum absolute atomic E-state index is 13.2. The molecule has 3 heterocycles. The molecule has 1 aromatic rings. The highest BCUT2D eigenvalue weighted by molar-refractivity contribution is 6.07. The summed E-state index contributed by atoms with van der Waals surface area (Å²) in [5.74, 6) is -1.11. The number of amides is 3. The van der Waals surface area contributed by atoms with Crippen molar-refractivity contribution in [2.75, 3.05) is 19.8 Å². The number of aromatic hydroxyl groups is 1. The van der Waals surface area contributed by atoms with Crippen molar-refractivity contribution in [3.05, 3.63) is 26.4 Å². The molecule has 0 unspecified atom stereocenters. The number of nitrogens with one attached hydrogen (secondary N) is 2. The predicted octanol–water partition coefficient (Wildman–Crippen LogP) is 0.632. The standard InChI is InChI=1S/C24H34N6O6/c1-2-3-8-28-18(31)16(17(25)26)19(32)30(22(28)35)15-4-6-23(7-5-15)12-24(13-23)20(33)27-21(34)29(24)9-14-10-36-11-14/h14-15,31H,2-13H2,1H3,(H3,25,26)(H,27,33,34). The largest absolute Gasteiger partial charge is 0.494 e. The number of nitrogens with zero attached hydrogens (tertiary/aromatic N) is 3. The molecule has 4 aliphatic rings. The molecular formula is C24H34N6O6. The monoisotopic (exact) mass is 502 g/mol. The molecule has 0 atom stereocenters. The Balaban J connectivity index is 1.36. The SMILES string of the molecule is CCCCn1c(O)c(C(=N)N)c(=O)n(C2CCC3(CC2)CC2(C3)C(=O)NC(=O)N2CC2COC2)c1=O. The van der Waals surface area contributed by atoms with Crippen LogP contribution < -0.4 is 22.3 Å². The molecule has 12 heteroatoms. The second kappa shape index (κ2) is 8.75. The lowest BCUT2D eigenvalue weighted by Gasteiger charge is -2.58. The highest BCUT2D eigenvalue weighted by Gasteiger charge is 2.66. The van der Waals surface area contributed by atoms with Crippen molar-refractivity contribution in [2.45, 2.75) is 76.4 Å². The van der Waals surface area contributed by atoms with E-state index in [0.717, 1.165) is 15.6 Å². The average molecular weight is 503 g/mol. The molecule has 36 heavy (non-hydrogen) atoms. The lowest BCUT2D eigenvalue weighted by molar-refractivity contribution is -0.148. The fourth-order valence-corrected chi connectivity index (χ4v) is 6.60. The van der Waals surface area contributed by atoms with Crippen LogP contribution in [0.4, 0.5) is 4.79 Å². The number of carbonyl (C=O) groups excluding carboxylic acids is 2. The summed E-state index contributed by atoms with van der Waals surface area (Å²) >= 11 is 0. The van der Waals surface area contributed by atoms with Crippen LogP contribution in [0.1, 0.15) is 69.9 Å². The van der Waals surface area contributed by atoms with E-state index in [-0.39, 0.29) is 41.4 Å². The third kappa shape index (κ3) is 3.64. The molecule has 2 aliphatic heterocycles. The Kier molecular flexibility index (Phi) is 5.97. The van der Waals surface area contributed by atoms with Gasteiger partial charge in [-0.05, 0) is 50.4 Å². The number of aromatic nitrogens is 2. The molecule has 0 bridgehead atoms. The summed E-state index contributed by atoms with van der Waals surface area (Å²) in [4.78, 5) is 53.4. The number of ether oxygens (including phenoxy) is 1. The van der Waals surface area contributed by atoms with Crippen molar-refractivity contribution in [3.63, 3.8) is 0 Å². The Hall–Kier alpha value is -3.15. The molecule has 196 valence electrons. The third-order valence-electron chi connectivity index (χ3n) is 8.62. The first-order valence-electron chi connectivity index (χ1n) is 12.8. The Labute approximate surface area is 207 Å². The maximum Gasteiger partial charge on any atom is 0.334 e. The van der Waals surface area contributed by atoms with Gasteiger partial charge in [0.25, 0.3) is 11.5 Å². The number of unbranched alkanes of at least 4 members (excludes halogenated alkanes) is 1. The molecular weight excluding hydrogens is 468 g/mol. The summed E-state index contributed by atoms with van der Waals surface area (Å²) < 4.78 is 7.53. The Morgan fingerprint density at radius 1 is 1.19 bits per heavy atom. The van der Waals surface area contributed by atoms with Gasteiger partial charge < -0.3 is 20.5 Å². The lowest BCUT2D eigenvalue weighted by atomic mass is 9.51. The first-order chi connectivity index (χ1) is 17.1. The maximum atomic E-state index is 13.2. The molecule has 1 aromatic heterocycles. The summed E-state index contributed by atoms with van der Waals surface area (Å²) in [7, 11) is 0. The number of amidine groups is 1. The smallest absolute Gasteiger partial charge is 0.334 e. The summed E-state index contributed by atoms with van der Waals surface area (Å²) in [5.41, 5.74) is 2.99. The lowest BCUT2D eigenvalue weighted by Crippen LogP contribution is -2.65. The van der Waals surface area contributed by atoms with Crippen LogP contribution in [0.2, 0.25) is 0 Å². The number of hydrogen-bond acceptors (Lipinski definition) is 7. The molecule has 2 saturated carbocycles. The molecule has 12 nitrogen and oxygen atoms in total. The van der Waals surface area contributed by atoms with Gasteiger partial charge in [0, 0.05) is 25.0 Å². The molecule has 2 spiro atoms. The van der Waals surface area contributed by atoms with E-state index in [2.05, 4.69) is 5.32 Å². The van der Waals surface area contributed by atoms with Gasteiger partial charge in [-0.15, -0.1) is 0 Å². The van der Waals surface area contributed by atoms with Gasteiger partial charge in [0.2, 0.25) is 5.88 Å². The minimum Gasteiger partial charge on any atom is -0.494 e. The van der Waals surface area contributed by atoms with Crippen molar-refractivity contribution in [3.8, 4) is 5.88 Å². The number of urea groups is 1. The van der Waals surface area contributed by atoms with Crippen molar-refractivity contribution in [1.82, 2.24) is 19.4 Å². The van der Waals surface area contributed by atoms with Gasteiger partial charge in [0.05, 0.1) is 13.2 Å².